The fraction of sp³-hybridized carbons (Fsp3) is 0.261. The lowest BCUT2D eigenvalue weighted by molar-refractivity contribution is 0.102. The fourth-order valence-electron chi connectivity index (χ4n) is 3.18. The summed E-state index contributed by atoms with van der Waals surface area (Å²) in [6.07, 6.45) is 0. The Balaban J connectivity index is 1.52. The second-order valence-electron chi connectivity index (χ2n) is 8.34. The van der Waals surface area contributed by atoms with Crippen LogP contribution in [-0.2, 0) is 5.41 Å². The molecule has 9 heteroatoms. The van der Waals surface area contributed by atoms with Gasteiger partial charge in [0.25, 0.3) is 5.91 Å². The predicted molar refractivity (Wildman–Crippen MR) is 125 cm³/mol. The van der Waals surface area contributed by atoms with Gasteiger partial charge in [0.1, 0.15) is 5.75 Å². The van der Waals surface area contributed by atoms with E-state index in [1.807, 2.05) is 55.5 Å². The van der Waals surface area contributed by atoms with Crippen molar-refractivity contribution in [1.29, 1.82) is 0 Å². The number of nitrogens with one attached hydrogen (secondary N) is 1. The van der Waals surface area contributed by atoms with Crippen LogP contribution in [0.2, 0.25) is 0 Å². The average molecular weight is 449 g/mol. The molecule has 0 aliphatic rings. The Hall–Kier alpha value is -3.59. The molecule has 4 aromatic rings. The lowest BCUT2D eigenvalue weighted by Crippen LogP contribution is -2.14. The molecule has 0 fully saturated rings. The van der Waals surface area contributed by atoms with Crippen LogP contribution in [0.4, 0.5) is 5.13 Å². The van der Waals surface area contributed by atoms with Crippen LogP contribution in [0.1, 0.15) is 42.4 Å². The maximum atomic E-state index is 12.6. The number of amides is 1. The third-order valence-electron chi connectivity index (χ3n) is 5.06. The Kier molecular flexibility index (Phi) is 5.75. The molecule has 32 heavy (non-hydrogen) atoms. The number of rotatable bonds is 5. The van der Waals surface area contributed by atoms with Crippen molar-refractivity contribution in [2.45, 2.75) is 33.1 Å². The molecule has 0 aliphatic heterocycles. The highest BCUT2D eigenvalue weighted by atomic mass is 32.1. The first kappa shape index (κ1) is 21.6. The maximum absolute atomic E-state index is 12.6. The maximum Gasteiger partial charge on any atom is 0.257 e. The summed E-state index contributed by atoms with van der Waals surface area (Å²) in [6.45, 7) is 8.30. The van der Waals surface area contributed by atoms with Crippen LogP contribution < -0.4 is 10.1 Å². The SMILES string of the molecule is COc1cccc(-n2nnc(-c3nsc(NC(=O)c4ccc(C(C)(C)C)cc4)n3)c2C)c1. The zero-order chi connectivity index (χ0) is 22.9. The van der Waals surface area contributed by atoms with Crippen LogP contribution in [0.3, 0.4) is 0 Å². The number of benzene rings is 2. The van der Waals surface area contributed by atoms with Crippen molar-refractivity contribution in [2.24, 2.45) is 0 Å². The summed E-state index contributed by atoms with van der Waals surface area (Å²) in [5.74, 6) is 0.913. The van der Waals surface area contributed by atoms with Gasteiger partial charge >= 0.3 is 0 Å². The number of carbonyl (C=O) groups is 1. The van der Waals surface area contributed by atoms with Crippen LogP contribution in [-0.4, -0.2) is 37.4 Å². The Morgan fingerprint density at radius 2 is 1.88 bits per heavy atom. The zero-order valence-corrected chi connectivity index (χ0v) is 19.4. The standard InChI is InChI=1S/C23H24N6O2S/c1-14-19(26-28-29(14)17-7-6-8-18(13-17)31-5)20-24-22(32-27-20)25-21(30)15-9-11-16(12-10-15)23(2,3)4/h6-13H,1-5H3,(H,24,25,27,30). The molecule has 0 saturated carbocycles. The molecule has 2 heterocycles. The van der Waals surface area contributed by atoms with E-state index in [4.69, 9.17) is 4.74 Å². The topological polar surface area (TPSA) is 94.8 Å². The molecule has 1 N–H and O–H groups in total. The molecule has 4 rings (SSSR count). The summed E-state index contributed by atoms with van der Waals surface area (Å²) in [4.78, 5) is 17.1. The van der Waals surface area contributed by atoms with Crippen LogP contribution in [0.25, 0.3) is 17.2 Å². The second kappa shape index (κ2) is 8.51. The van der Waals surface area contributed by atoms with Crippen LogP contribution in [0, 0.1) is 6.92 Å². The summed E-state index contributed by atoms with van der Waals surface area (Å²) in [5, 5.41) is 11.7. The van der Waals surface area contributed by atoms with Gasteiger partial charge in [0.15, 0.2) is 11.5 Å². The van der Waals surface area contributed by atoms with E-state index >= 15 is 0 Å². The van der Waals surface area contributed by atoms with Gasteiger partial charge in [-0.25, -0.2) is 4.68 Å². The van der Waals surface area contributed by atoms with Crippen molar-refractivity contribution < 1.29 is 9.53 Å². The van der Waals surface area contributed by atoms with Gasteiger partial charge in [0, 0.05) is 23.2 Å². The van der Waals surface area contributed by atoms with Gasteiger partial charge in [-0.3, -0.25) is 10.1 Å². The smallest absolute Gasteiger partial charge is 0.257 e. The van der Waals surface area contributed by atoms with Gasteiger partial charge in [0.05, 0.1) is 18.5 Å². The van der Waals surface area contributed by atoms with Crippen molar-refractivity contribution >= 4 is 22.6 Å². The fourth-order valence-corrected chi connectivity index (χ4v) is 3.75. The highest BCUT2D eigenvalue weighted by Crippen LogP contribution is 2.26. The van der Waals surface area contributed by atoms with Crippen molar-refractivity contribution in [3.05, 3.63) is 65.4 Å². The van der Waals surface area contributed by atoms with Crippen molar-refractivity contribution in [1.82, 2.24) is 24.4 Å². The van der Waals surface area contributed by atoms with E-state index in [1.54, 1.807) is 11.8 Å². The van der Waals surface area contributed by atoms with Crippen LogP contribution >= 0.6 is 11.5 Å². The molecule has 0 aliphatic carbocycles. The number of carbonyl (C=O) groups excluding carboxylic acids is 1. The normalized spacial score (nSPS) is 11.4. The van der Waals surface area contributed by atoms with E-state index in [1.165, 1.54) is 5.56 Å². The van der Waals surface area contributed by atoms with Crippen LogP contribution in [0.15, 0.2) is 48.5 Å². The summed E-state index contributed by atoms with van der Waals surface area (Å²) in [5.41, 5.74) is 3.93. The number of anilines is 1. The number of hydrogen-bond acceptors (Lipinski definition) is 7. The highest BCUT2D eigenvalue weighted by molar-refractivity contribution is 7.10. The minimum atomic E-state index is -0.232. The summed E-state index contributed by atoms with van der Waals surface area (Å²) >= 11 is 1.10. The Morgan fingerprint density at radius 1 is 1.12 bits per heavy atom. The molecule has 0 bridgehead atoms. The number of methoxy groups -OCH3 is 1. The largest absolute Gasteiger partial charge is 0.497 e. The summed E-state index contributed by atoms with van der Waals surface area (Å²) in [6, 6.07) is 15.1. The van der Waals surface area contributed by atoms with Gasteiger partial charge in [0.2, 0.25) is 5.13 Å². The molecule has 1 amide bonds. The van der Waals surface area contributed by atoms with E-state index in [-0.39, 0.29) is 11.3 Å². The molecule has 2 aromatic heterocycles. The molecule has 0 saturated heterocycles. The quantitative estimate of drug-likeness (QED) is 0.477. The molecule has 0 atom stereocenters. The average Bonchev–Trinajstić information content (AvgIpc) is 3.39. The minimum Gasteiger partial charge on any atom is -0.497 e. The first-order chi connectivity index (χ1) is 15.3. The number of nitrogens with zero attached hydrogens (tertiary/aromatic N) is 5. The molecule has 0 unspecified atom stereocenters. The molecule has 164 valence electrons. The van der Waals surface area contributed by atoms with E-state index in [9.17, 15) is 4.79 Å². The Bertz CT molecular complexity index is 1250. The van der Waals surface area contributed by atoms with Gasteiger partial charge in [-0.15, -0.1) is 5.10 Å². The zero-order valence-electron chi connectivity index (χ0n) is 18.6. The third-order valence-corrected chi connectivity index (χ3v) is 5.69. The van der Waals surface area contributed by atoms with E-state index in [2.05, 4.69) is 45.8 Å². The molecular weight excluding hydrogens is 424 g/mol. The van der Waals surface area contributed by atoms with Crippen molar-refractivity contribution in [3.8, 4) is 23.0 Å². The number of ether oxygens (including phenoxy) is 1. The highest BCUT2D eigenvalue weighted by Gasteiger charge is 2.19. The third kappa shape index (κ3) is 4.38. The Labute approximate surface area is 190 Å². The summed E-state index contributed by atoms with van der Waals surface area (Å²) < 4.78 is 11.3. The lowest BCUT2D eigenvalue weighted by Gasteiger charge is -2.18. The number of hydrogen-bond donors (Lipinski definition) is 1. The monoisotopic (exact) mass is 448 g/mol. The second-order valence-corrected chi connectivity index (χ2v) is 9.09. The van der Waals surface area contributed by atoms with Gasteiger partial charge in [-0.05, 0) is 42.2 Å². The molecule has 0 spiro atoms. The van der Waals surface area contributed by atoms with Gasteiger partial charge in [-0.2, -0.15) is 9.36 Å². The molecular formula is C23H24N6O2S. The van der Waals surface area contributed by atoms with Crippen LogP contribution in [0.5, 0.6) is 5.75 Å². The van der Waals surface area contributed by atoms with Gasteiger partial charge in [-0.1, -0.05) is 44.2 Å². The molecule has 8 nitrogen and oxygen atoms in total. The predicted octanol–water partition coefficient (Wildman–Crippen LogP) is 4.65. The van der Waals surface area contributed by atoms with E-state index in [0.717, 1.165) is 28.7 Å². The number of aromatic nitrogens is 5. The molecule has 0 radical (unpaired) electrons. The summed E-state index contributed by atoms with van der Waals surface area (Å²) in [7, 11) is 1.62. The first-order valence-electron chi connectivity index (χ1n) is 10.1. The van der Waals surface area contributed by atoms with E-state index < -0.39 is 0 Å². The van der Waals surface area contributed by atoms with Crippen molar-refractivity contribution in [2.75, 3.05) is 12.4 Å². The van der Waals surface area contributed by atoms with Crippen molar-refractivity contribution in [3.63, 3.8) is 0 Å². The molecule has 2 aromatic carbocycles. The first-order valence-corrected chi connectivity index (χ1v) is 10.9. The lowest BCUT2D eigenvalue weighted by atomic mass is 9.87. The Morgan fingerprint density at radius 3 is 2.56 bits per heavy atom. The van der Waals surface area contributed by atoms with Gasteiger partial charge < -0.3 is 4.74 Å². The minimum absolute atomic E-state index is 0.0311. The van der Waals surface area contributed by atoms with E-state index in [0.29, 0.717) is 22.2 Å².